The molecule has 0 spiro atoms. The van der Waals surface area contributed by atoms with Gasteiger partial charge in [-0.2, -0.15) is 0 Å². The topological polar surface area (TPSA) is 243 Å². The molecule has 1 rings (SSSR count). The van der Waals surface area contributed by atoms with E-state index in [1.807, 2.05) is 13.8 Å². The molecule has 0 saturated carbocycles. The van der Waals surface area contributed by atoms with Crippen molar-refractivity contribution in [1.29, 1.82) is 0 Å². The van der Waals surface area contributed by atoms with E-state index in [1.165, 1.54) is 12.5 Å². The van der Waals surface area contributed by atoms with Gasteiger partial charge in [-0.3, -0.25) is 19.2 Å². The maximum Gasteiger partial charge on any atom is 0.326 e. The van der Waals surface area contributed by atoms with Crippen molar-refractivity contribution in [2.24, 2.45) is 17.4 Å². The minimum Gasteiger partial charge on any atom is -0.481 e. The highest BCUT2D eigenvalue weighted by Gasteiger charge is 2.31. The van der Waals surface area contributed by atoms with Crippen molar-refractivity contribution in [3.05, 3.63) is 18.2 Å². The lowest BCUT2D eigenvalue weighted by Gasteiger charge is -2.26. The molecule has 14 nitrogen and oxygen atoms in total. The SMILES string of the molecule is CCC(C)C(N)C(=O)NC(Cc1cnc[nH]1)C(=O)NC(CCCCN)C(=O)NC(CCC(=O)O)C(=O)O. The quantitative estimate of drug-likeness (QED) is 0.107. The lowest BCUT2D eigenvalue weighted by atomic mass is 9.98. The van der Waals surface area contributed by atoms with Gasteiger partial charge in [0.15, 0.2) is 0 Å². The Balaban J connectivity index is 3.06. The first-order valence-electron chi connectivity index (χ1n) is 12.3. The number of unbranched alkanes of at least 4 members (excludes halogenated alkanes) is 1. The molecule has 10 N–H and O–H groups in total. The van der Waals surface area contributed by atoms with Crippen LogP contribution in [0.4, 0.5) is 0 Å². The number of aromatic amines is 1. The van der Waals surface area contributed by atoms with Crippen LogP contribution in [0.1, 0.15) is 58.1 Å². The normalized spacial score (nSPS) is 15.0. The molecule has 0 aliphatic rings. The van der Waals surface area contributed by atoms with Crippen LogP contribution in [-0.2, 0) is 30.4 Å². The highest BCUT2D eigenvalue weighted by atomic mass is 16.4. The summed E-state index contributed by atoms with van der Waals surface area (Å²) in [6.07, 6.45) is 3.98. The molecular weight excluding hydrogens is 486 g/mol. The monoisotopic (exact) mass is 525 g/mol. The van der Waals surface area contributed by atoms with Crippen LogP contribution in [0.5, 0.6) is 0 Å². The molecule has 0 aromatic carbocycles. The molecule has 1 aromatic rings. The number of aliphatic carboxylic acids is 2. The fourth-order valence-electron chi connectivity index (χ4n) is 3.44. The summed E-state index contributed by atoms with van der Waals surface area (Å²) in [5.41, 5.74) is 12.1. The second-order valence-electron chi connectivity index (χ2n) is 8.93. The standard InChI is InChI=1S/C23H39N7O7/c1-3-13(2)19(25)22(35)30-17(10-14-11-26-12-27-14)21(34)28-15(6-4-5-9-24)20(33)29-16(23(36)37)7-8-18(31)32/h11-13,15-17,19H,3-10,24-25H2,1-2H3,(H,26,27)(H,28,34)(H,29,33)(H,30,35)(H,31,32)(H,36,37). The molecule has 208 valence electrons. The Bertz CT molecular complexity index is 894. The summed E-state index contributed by atoms with van der Waals surface area (Å²) in [5, 5.41) is 25.8. The van der Waals surface area contributed by atoms with Crippen molar-refractivity contribution in [3.63, 3.8) is 0 Å². The summed E-state index contributed by atoms with van der Waals surface area (Å²) in [4.78, 5) is 68.0. The first kappa shape index (κ1) is 31.5. The van der Waals surface area contributed by atoms with Crippen molar-refractivity contribution < 1.29 is 34.2 Å². The molecular formula is C23H39N7O7. The number of carboxylic acid groups (broad SMARTS) is 2. The number of carbonyl (C=O) groups is 5. The number of H-pyrrole nitrogens is 1. The Labute approximate surface area is 215 Å². The van der Waals surface area contributed by atoms with Gasteiger partial charge in [0.1, 0.15) is 18.1 Å². The zero-order valence-electron chi connectivity index (χ0n) is 21.2. The van der Waals surface area contributed by atoms with E-state index >= 15 is 0 Å². The van der Waals surface area contributed by atoms with Gasteiger partial charge in [0.05, 0.1) is 12.4 Å². The second-order valence-corrected chi connectivity index (χ2v) is 8.93. The van der Waals surface area contributed by atoms with Gasteiger partial charge in [-0.1, -0.05) is 20.3 Å². The third kappa shape index (κ3) is 11.4. The summed E-state index contributed by atoms with van der Waals surface area (Å²) >= 11 is 0. The Morgan fingerprint density at radius 3 is 2.14 bits per heavy atom. The predicted molar refractivity (Wildman–Crippen MR) is 133 cm³/mol. The molecule has 0 aliphatic heterocycles. The summed E-state index contributed by atoms with van der Waals surface area (Å²) in [6, 6.07) is -4.55. The number of carbonyl (C=O) groups excluding carboxylic acids is 3. The lowest BCUT2D eigenvalue weighted by Crippen LogP contribution is -2.58. The van der Waals surface area contributed by atoms with E-state index in [0.717, 1.165) is 0 Å². The van der Waals surface area contributed by atoms with Gasteiger partial charge < -0.3 is 42.6 Å². The minimum absolute atomic E-state index is 0.0400. The molecule has 1 aromatic heterocycles. The number of rotatable bonds is 18. The van der Waals surface area contributed by atoms with Gasteiger partial charge in [-0.05, 0) is 38.1 Å². The summed E-state index contributed by atoms with van der Waals surface area (Å²) in [7, 11) is 0. The number of carboxylic acids is 2. The van der Waals surface area contributed by atoms with E-state index in [-0.39, 0.29) is 25.2 Å². The van der Waals surface area contributed by atoms with Gasteiger partial charge in [0.25, 0.3) is 0 Å². The Morgan fingerprint density at radius 1 is 0.973 bits per heavy atom. The van der Waals surface area contributed by atoms with Crippen molar-refractivity contribution in [2.75, 3.05) is 6.54 Å². The average molecular weight is 526 g/mol. The second kappa shape index (κ2) is 16.3. The van der Waals surface area contributed by atoms with Crippen LogP contribution < -0.4 is 27.4 Å². The highest BCUT2D eigenvalue weighted by Crippen LogP contribution is 2.09. The van der Waals surface area contributed by atoms with Crippen LogP contribution in [0.25, 0.3) is 0 Å². The van der Waals surface area contributed by atoms with Gasteiger partial charge >= 0.3 is 11.9 Å². The van der Waals surface area contributed by atoms with Crippen LogP contribution in [0.3, 0.4) is 0 Å². The Hall–Kier alpha value is -3.52. The Morgan fingerprint density at radius 2 is 1.59 bits per heavy atom. The van der Waals surface area contributed by atoms with Crippen molar-refractivity contribution in [1.82, 2.24) is 25.9 Å². The zero-order valence-corrected chi connectivity index (χ0v) is 21.2. The number of amides is 3. The molecule has 37 heavy (non-hydrogen) atoms. The summed E-state index contributed by atoms with van der Waals surface area (Å²) in [5.74, 6) is -4.73. The smallest absolute Gasteiger partial charge is 0.326 e. The van der Waals surface area contributed by atoms with E-state index in [1.54, 1.807) is 0 Å². The third-order valence-corrected chi connectivity index (χ3v) is 6.01. The minimum atomic E-state index is -1.45. The molecule has 3 amide bonds. The Kier molecular flexibility index (Phi) is 13.9. The molecule has 0 bridgehead atoms. The molecule has 0 fully saturated rings. The van der Waals surface area contributed by atoms with Crippen LogP contribution in [0.2, 0.25) is 0 Å². The number of imidazole rings is 1. The predicted octanol–water partition coefficient (Wildman–Crippen LogP) is -1.14. The van der Waals surface area contributed by atoms with Gasteiger partial charge in [0.2, 0.25) is 17.7 Å². The maximum absolute atomic E-state index is 13.2. The maximum atomic E-state index is 13.2. The van der Waals surface area contributed by atoms with Crippen LogP contribution in [0, 0.1) is 5.92 Å². The van der Waals surface area contributed by atoms with Crippen molar-refractivity contribution >= 4 is 29.7 Å². The fraction of sp³-hybridized carbons (Fsp3) is 0.652. The van der Waals surface area contributed by atoms with Gasteiger partial charge in [-0.15, -0.1) is 0 Å². The van der Waals surface area contributed by atoms with Gasteiger partial charge in [-0.25, -0.2) is 9.78 Å². The van der Waals surface area contributed by atoms with Crippen LogP contribution in [0.15, 0.2) is 12.5 Å². The third-order valence-electron chi connectivity index (χ3n) is 6.01. The summed E-state index contributed by atoms with van der Waals surface area (Å²) < 4.78 is 0. The van der Waals surface area contributed by atoms with Gasteiger partial charge in [0, 0.05) is 24.7 Å². The first-order valence-corrected chi connectivity index (χ1v) is 12.3. The molecule has 5 atom stereocenters. The van der Waals surface area contributed by atoms with Crippen molar-refractivity contribution in [3.8, 4) is 0 Å². The number of nitrogens with one attached hydrogen (secondary N) is 4. The molecule has 0 saturated heterocycles. The molecule has 1 heterocycles. The first-order chi connectivity index (χ1) is 17.5. The highest BCUT2D eigenvalue weighted by molar-refractivity contribution is 5.94. The number of nitrogens with two attached hydrogens (primary N) is 2. The van der Waals surface area contributed by atoms with Crippen LogP contribution >= 0.6 is 0 Å². The molecule has 14 heteroatoms. The number of hydrogen-bond acceptors (Lipinski definition) is 8. The zero-order chi connectivity index (χ0) is 28.0. The van der Waals surface area contributed by atoms with E-state index in [2.05, 4.69) is 25.9 Å². The lowest BCUT2D eigenvalue weighted by molar-refractivity contribution is -0.143. The largest absolute Gasteiger partial charge is 0.481 e. The van der Waals surface area contributed by atoms with E-state index in [4.69, 9.17) is 16.6 Å². The average Bonchev–Trinajstić information content (AvgIpc) is 3.37. The summed E-state index contributed by atoms with van der Waals surface area (Å²) in [6.45, 7) is 4.05. The van der Waals surface area contributed by atoms with Crippen molar-refractivity contribution in [2.45, 2.75) is 83.0 Å². The van der Waals surface area contributed by atoms with Crippen LogP contribution in [-0.4, -0.2) is 80.6 Å². The molecule has 0 aliphatic carbocycles. The number of nitrogens with zero attached hydrogens (tertiary/aromatic N) is 1. The van der Waals surface area contributed by atoms with E-state index < -0.39 is 60.2 Å². The van der Waals surface area contributed by atoms with E-state index in [0.29, 0.717) is 31.5 Å². The molecule has 5 unspecified atom stereocenters. The number of hydrogen-bond donors (Lipinski definition) is 8. The molecule has 0 radical (unpaired) electrons. The van der Waals surface area contributed by atoms with E-state index in [9.17, 15) is 29.1 Å². The fourth-order valence-corrected chi connectivity index (χ4v) is 3.44. The number of aromatic nitrogens is 2.